The van der Waals surface area contributed by atoms with Crippen LogP contribution < -0.4 is 10.6 Å². The second-order valence-corrected chi connectivity index (χ2v) is 8.65. The highest BCUT2D eigenvalue weighted by Crippen LogP contribution is 2.26. The summed E-state index contributed by atoms with van der Waals surface area (Å²) in [4.78, 5) is 12.9. The highest BCUT2D eigenvalue weighted by molar-refractivity contribution is 9.11. The summed E-state index contributed by atoms with van der Waals surface area (Å²) < 4.78 is 6.38. The van der Waals surface area contributed by atoms with Gasteiger partial charge in [0.25, 0.3) is 0 Å². The number of carbonyl (C=O) groups excluding carboxylic acids is 1. The van der Waals surface area contributed by atoms with Gasteiger partial charge in [0.05, 0.1) is 3.79 Å². The molecule has 6 heteroatoms. The Hall–Kier alpha value is -0.590. The predicted molar refractivity (Wildman–Crippen MR) is 91.9 cm³/mol. The minimum absolute atomic E-state index is 0.0784. The zero-order valence-electron chi connectivity index (χ0n) is 13.3. The van der Waals surface area contributed by atoms with Crippen molar-refractivity contribution in [3.63, 3.8) is 0 Å². The Morgan fingerprint density at radius 1 is 1.38 bits per heavy atom. The minimum Gasteiger partial charge on any atom is -0.444 e. The van der Waals surface area contributed by atoms with Crippen LogP contribution in [-0.4, -0.2) is 24.3 Å². The number of rotatable bonds is 6. The molecule has 2 unspecified atom stereocenters. The molecule has 1 rings (SSSR count). The van der Waals surface area contributed by atoms with Crippen LogP contribution in [0.25, 0.3) is 0 Å². The topological polar surface area (TPSA) is 50.4 Å². The van der Waals surface area contributed by atoms with E-state index in [0.717, 1.165) is 16.8 Å². The lowest BCUT2D eigenvalue weighted by Gasteiger charge is -2.22. The van der Waals surface area contributed by atoms with Gasteiger partial charge in [-0.3, -0.25) is 0 Å². The third-order valence-corrected chi connectivity index (χ3v) is 4.62. The second-order valence-electron chi connectivity index (χ2n) is 6.15. The molecule has 0 aliphatic heterocycles. The number of alkyl carbamates (subject to hydrolysis) is 1. The molecule has 21 heavy (non-hydrogen) atoms. The van der Waals surface area contributed by atoms with Gasteiger partial charge >= 0.3 is 6.09 Å². The summed E-state index contributed by atoms with van der Waals surface area (Å²) in [6.07, 6.45) is 0.501. The third-order valence-electron chi connectivity index (χ3n) is 2.81. The van der Waals surface area contributed by atoms with Crippen molar-refractivity contribution in [2.24, 2.45) is 0 Å². The van der Waals surface area contributed by atoms with Crippen LogP contribution in [0.5, 0.6) is 0 Å². The van der Waals surface area contributed by atoms with Gasteiger partial charge < -0.3 is 15.4 Å². The number of thiophene rings is 1. The molecule has 120 valence electrons. The molecule has 0 fully saturated rings. The van der Waals surface area contributed by atoms with Crippen molar-refractivity contribution in [3.05, 3.63) is 20.8 Å². The van der Waals surface area contributed by atoms with Gasteiger partial charge in [-0.1, -0.05) is 0 Å². The molecule has 0 radical (unpaired) electrons. The molecule has 0 spiro atoms. The molecule has 0 saturated heterocycles. The molecule has 1 amide bonds. The van der Waals surface area contributed by atoms with Crippen molar-refractivity contribution in [2.75, 3.05) is 6.54 Å². The normalized spacial score (nSPS) is 14.6. The van der Waals surface area contributed by atoms with Crippen LogP contribution in [0.3, 0.4) is 0 Å². The Labute approximate surface area is 139 Å². The van der Waals surface area contributed by atoms with E-state index in [9.17, 15) is 4.79 Å². The molecule has 2 N–H and O–H groups in total. The first kappa shape index (κ1) is 18.5. The fourth-order valence-electron chi connectivity index (χ4n) is 1.76. The molecule has 1 aromatic heterocycles. The average molecular weight is 377 g/mol. The lowest BCUT2D eigenvalue weighted by Crippen LogP contribution is -2.39. The fraction of sp³-hybridized carbons (Fsp3) is 0.667. The van der Waals surface area contributed by atoms with Crippen molar-refractivity contribution in [1.82, 2.24) is 10.6 Å². The van der Waals surface area contributed by atoms with Crippen molar-refractivity contribution in [3.8, 4) is 0 Å². The van der Waals surface area contributed by atoms with Gasteiger partial charge in [0.2, 0.25) is 0 Å². The van der Waals surface area contributed by atoms with Crippen LogP contribution in [0, 0.1) is 0 Å². The zero-order valence-corrected chi connectivity index (χ0v) is 15.7. The molecule has 0 aliphatic rings. The molecule has 4 nitrogen and oxygen atoms in total. The maximum Gasteiger partial charge on any atom is 0.407 e. The quantitative estimate of drug-likeness (QED) is 0.769. The highest BCUT2D eigenvalue weighted by Gasteiger charge is 2.17. The van der Waals surface area contributed by atoms with Gasteiger partial charge in [0.1, 0.15) is 5.60 Å². The molecular weight excluding hydrogens is 352 g/mol. The van der Waals surface area contributed by atoms with Crippen molar-refractivity contribution in [2.45, 2.75) is 58.7 Å². The van der Waals surface area contributed by atoms with Crippen LogP contribution >= 0.6 is 27.3 Å². The van der Waals surface area contributed by atoms with Gasteiger partial charge in [0.15, 0.2) is 0 Å². The maximum atomic E-state index is 11.6. The van der Waals surface area contributed by atoms with E-state index in [-0.39, 0.29) is 12.1 Å². The van der Waals surface area contributed by atoms with Crippen molar-refractivity contribution in [1.29, 1.82) is 0 Å². The number of amides is 1. The molecular formula is C15H25BrN2O2S. The van der Waals surface area contributed by atoms with Crippen molar-refractivity contribution >= 4 is 33.4 Å². The van der Waals surface area contributed by atoms with Crippen LogP contribution in [0.4, 0.5) is 4.79 Å². The number of halogens is 1. The number of hydrogen-bond acceptors (Lipinski definition) is 4. The third kappa shape index (κ3) is 7.83. The summed E-state index contributed by atoms with van der Waals surface area (Å²) in [5.74, 6) is 0. The molecule has 1 heterocycles. The Bertz CT molecular complexity index is 457. The van der Waals surface area contributed by atoms with E-state index < -0.39 is 5.60 Å². The second kappa shape index (κ2) is 8.15. The van der Waals surface area contributed by atoms with Gasteiger partial charge in [0, 0.05) is 17.0 Å². The lowest BCUT2D eigenvalue weighted by molar-refractivity contribution is 0.0506. The molecule has 0 saturated carbocycles. The van der Waals surface area contributed by atoms with Gasteiger partial charge in [-0.2, -0.15) is 0 Å². The van der Waals surface area contributed by atoms with Crippen LogP contribution in [0.15, 0.2) is 15.9 Å². The first-order valence-electron chi connectivity index (χ1n) is 7.15. The molecule has 0 bridgehead atoms. The summed E-state index contributed by atoms with van der Waals surface area (Å²) in [6.45, 7) is 10.6. The van der Waals surface area contributed by atoms with Crippen LogP contribution in [0.1, 0.15) is 52.0 Å². The first-order valence-corrected chi connectivity index (χ1v) is 8.76. The van der Waals surface area contributed by atoms with E-state index in [1.807, 2.05) is 27.7 Å². The highest BCUT2D eigenvalue weighted by atomic mass is 79.9. The summed E-state index contributed by atoms with van der Waals surface area (Å²) in [5, 5.41) is 6.31. The Kier molecular flexibility index (Phi) is 7.16. The van der Waals surface area contributed by atoms with E-state index in [2.05, 4.69) is 45.6 Å². The Morgan fingerprint density at radius 2 is 2.05 bits per heavy atom. The van der Waals surface area contributed by atoms with E-state index in [4.69, 9.17) is 4.74 Å². The van der Waals surface area contributed by atoms with Crippen molar-refractivity contribution < 1.29 is 9.53 Å². The zero-order chi connectivity index (χ0) is 16.0. The number of hydrogen-bond donors (Lipinski definition) is 2. The first-order chi connectivity index (χ1) is 9.67. The minimum atomic E-state index is -0.455. The smallest absolute Gasteiger partial charge is 0.407 e. The summed E-state index contributed by atoms with van der Waals surface area (Å²) in [7, 11) is 0. The van der Waals surface area contributed by atoms with Gasteiger partial charge in [-0.05, 0) is 75.6 Å². The van der Waals surface area contributed by atoms with E-state index in [1.165, 1.54) is 4.88 Å². The maximum absolute atomic E-state index is 11.6. The van der Waals surface area contributed by atoms with E-state index >= 15 is 0 Å². The van der Waals surface area contributed by atoms with E-state index in [1.54, 1.807) is 11.3 Å². The van der Waals surface area contributed by atoms with Gasteiger partial charge in [-0.15, -0.1) is 11.3 Å². The summed E-state index contributed by atoms with van der Waals surface area (Å²) >= 11 is 5.21. The molecule has 0 aliphatic carbocycles. The van der Waals surface area contributed by atoms with Crippen LogP contribution in [0.2, 0.25) is 0 Å². The monoisotopic (exact) mass is 376 g/mol. The number of nitrogens with one attached hydrogen (secondary N) is 2. The SMILES string of the molecule is CC(CCNC(C)c1ccc(Br)s1)NC(=O)OC(C)(C)C. The summed E-state index contributed by atoms with van der Waals surface area (Å²) in [6, 6.07) is 4.57. The van der Waals surface area contributed by atoms with Gasteiger partial charge in [-0.25, -0.2) is 4.79 Å². The Balaban J connectivity index is 2.24. The Morgan fingerprint density at radius 3 is 2.57 bits per heavy atom. The largest absolute Gasteiger partial charge is 0.444 e. The average Bonchev–Trinajstić information content (AvgIpc) is 2.72. The lowest BCUT2D eigenvalue weighted by atomic mass is 10.2. The fourth-order valence-corrected chi connectivity index (χ4v) is 3.21. The predicted octanol–water partition coefficient (Wildman–Crippen LogP) is 4.46. The summed E-state index contributed by atoms with van der Waals surface area (Å²) in [5.41, 5.74) is -0.455. The molecule has 2 atom stereocenters. The number of carbonyl (C=O) groups is 1. The standard InChI is InChI=1S/C15H25BrN2O2S/c1-10(18-14(19)20-15(3,4)5)8-9-17-11(2)12-6-7-13(16)21-12/h6-7,10-11,17H,8-9H2,1-5H3,(H,18,19). The number of ether oxygens (including phenoxy) is 1. The van der Waals surface area contributed by atoms with Crippen LogP contribution in [-0.2, 0) is 4.74 Å². The van der Waals surface area contributed by atoms with E-state index in [0.29, 0.717) is 6.04 Å². The molecule has 0 aromatic carbocycles. The molecule has 1 aromatic rings.